The molecule has 1 fully saturated rings. The molecule has 70 valence electrons. The Balaban J connectivity index is 0.000000980. The second-order valence-electron chi connectivity index (χ2n) is 3.72. The van der Waals surface area contributed by atoms with Crippen LogP contribution in [0.3, 0.4) is 0 Å². The first-order valence-corrected chi connectivity index (χ1v) is 5.13. The van der Waals surface area contributed by atoms with Gasteiger partial charge in [0.1, 0.15) is 0 Å². The summed E-state index contributed by atoms with van der Waals surface area (Å²) in [5.41, 5.74) is 1.32. The Hall–Kier alpha value is 0.816. The molecule has 1 aliphatic rings. The van der Waals surface area contributed by atoms with E-state index in [9.17, 15) is 0 Å². The van der Waals surface area contributed by atoms with E-state index in [4.69, 9.17) is 0 Å². The molecule has 1 aromatic carbocycles. The largest absolute Gasteiger partial charge is 1.00 e. The minimum atomic E-state index is 0. The van der Waals surface area contributed by atoms with Gasteiger partial charge in [-0.15, -0.1) is 5.56 Å². The Morgan fingerprint density at radius 2 is 1.93 bits per heavy atom. The Morgan fingerprint density at radius 1 is 1.14 bits per heavy atom. The maximum absolute atomic E-state index is 3.27. The third kappa shape index (κ3) is 4.13. The molecule has 0 aliphatic carbocycles. The van der Waals surface area contributed by atoms with Crippen molar-refractivity contribution in [2.45, 2.75) is 25.8 Å². The number of piperidine rings is 1. The van der Waals surface area contributed by atoms with E-state index in [1.54, 1.807) is 0 Å². The minimum absolute atomic E-state index is 0. The summed E-state index contributed by atoms with van der Waals surface area (Å²) in [6.45, 7) is 3.62. The topological polar surface area (TPSA) is 3.24 Å². The van der Waals surface area contributed by atoms with E-state index in [-0.39, 0.29) is 51.4 Å². The van der Waals surface area contributed by atoms with Gasteiger partial charge in [0.05, 0.1) is 0 Å². The van der Waals surface area contributed by atoms with Crippen molar-refractivity contribution in [3.05, 3.63) is 35.9 Å². The minimum Gasteiger partial charge on any atom is -0.301 e. The SMILES string of the molecule is [K+].[c-]1ccccc1CN1CCCCC1. The second-order valence-corrected chi connectivity index (χ2v) is 3.72. The van der Waals surface area contributed by atoms with Crippen molar-refractivity contribution < 1.29 is 51.4 Å². The summed E-state index contributed by atoms with van der Waals surface area (Å²) in [7, 11) is 0. The number of likely N-dealkylation sites (tertiary alicyclic amines) is 1. The van der Waals surface area contributed by atoms with E-state index < -0.39 is 0 Å². The van der Waals surface area contributed by atoms with E-state index >= 15 is 0 Å². The molecule has 1 heterocycles. The van der Waals surface area contributed by atoms with Crippen LogP contribution in [-0.4, -0.2) is 18.0 Å². The van der Waals surface area contributed by atoms with Crippen LogP contribution in [0.4, 0.5) is 0 Å². The molecule has 0 amide bonds. The zero-order valence-electron chi connectivity index (χ0n) is 9.00. The van der Waals surface area contributed by atoms with Crippen LogP contribution in [0.2, 0.25) is 0 Å². The summed E-state index contributed by atoms with van der Waals surface area (Å²) in [5, 5.41) is 0. The summed E-state index contributed by atoms with van der Waals surface area (Å²) >= 11 is 0. The van der Waals surface area contributed by atoms with Crippen LogP contribution < -0.4 is 51.4 Å². The number of hydrogen-bond donors (Lipinski definition) is 0. The first-order chi connectivity index (χ1) is 6.45. The van der Waals surface area contributed by atoms with Gasteiger partial charge >= 0.3 is 51.4 Å². The quantitative estimate of drug-likeness (QED) is 0.472. The van der Waals surface area contributed by atoms with E-state index in [1.165, 1.54) is 37.9 Å². The molecule has 0 bridgehead atoms. The van der Waals surface area contributed by atoms with Gasteiger partial charge in [0, 0.05) is 6.54 Å². The predicted octanol–water partition coefficient (Wildman–Crippen LogP) is -0.523. The molecule has 2 rings (SSSR count). The molecule has 0 radical (unpaired) electrons. The van der Waals surface area contributed by atoms with Gasteiger partial charge in [-0.25, -0.2) is 0 Å². The average Bonchev–Trinajstić information content (AvgIpc) is 2.21. The van der Waals surface area contributed by atoms with Crippen LogP contribution in [0.15, 0.2) is 24.3 Å². The van der Waals surface area contributed by atoms with Crippen LogP contribution in [0.5, 0.6) is 0 Å². The van der Waals surface area contributed by atoms with Gasteiger partial charge in [0.15, 0.2) is 0 Å². The summed E-state index contributed by atoms with van der Waals surface area (Å²) in [6, 6.07) is 11.6. The molecule has 0 N–H and O–H groups in total. The zero-order chi connectivity index (χ0) is 8.93. The Labute approximate surface area is 129 Å². The first-order valence-electron chi connectivity index (χ1n) is 5.13. The molecule has 1 aliphatic heterocycles. The van der Waals surface area contributed by atoms with Crippen molar-refractivity contribution in [2.24, 2.45) is 0 Å². The van der Waals surface area contributed by atoms with Gasteiger partial charge in [-0.2, -0.15) is 30.3 Å². The van der Waals surface area contributed by atoms with Gasteiger partial charge in [0.25, 0.3) is 0 Å². The Bertz CT molecular complexity index is 242. The van der Waals surface area contributed by atoms with Gasteiger partial charge in [0.2, 0.25) is 0 Å². The Morgan fingerprint density at radius 3 is 2.57 bits per heavy atom. The van der Waals surface area contributed by atoms with Gasteiger partial charge in [-0.1, -0.05) is 6.42 Å². The average molecular weight is 213 g/mol. The molecule has 0 atom stereocenters. The second kappa shape index (κ2) is 7.15. The third-order valence-electron chi connectivity index (χ3n) is 2.62. The molecular weight excluding hydrogens is 197 g/mol. The fourth-order valence-electron chi connectivity index (χ4n) is 1.89. The van der Waals surface area contributed by atoms with Crippen LogP contribution >= 0.6 is 0 Å². The van der Waals surface area contributed by atoms with Gasteiger partial charge in [-0.3, -0.25) is 0 Å². The summed E-state index contributed by atoms with van der Waals surface area (Å²) < 4.78 is 0. The van der Waals surface area contributed by atoms with E-state index in [1.807, 2.05) is 12.1 Å². The molecule has 0 aromatic heterocycles. The van der Waals surface area contributed by atoms with E-state index in [2.05, 4.69) is 23.1 Å². The van der Waals surface area contributed by atoms with Crippen molar-refractivity contribution in [1.82, 2.24) is 4.90 Å². The normalized spacial score (nSPS) is 17.4. The first kappa shape index (κ1) is 12.9. The van der Waals surface area contributed by atoms with Crippen LogP contribution in [0.1, 0.15) is 24.8 Å². The van der Waals surface area contributed by atoms with E-state index in [0.717, 1.165) is 6.54 Å². The number of rotatable bonds is 2. The maximum Gasteiger partial charge on any atom is 1.00 e. The molecule has 1 nitrogen and oxygen atoms in total. The van der Waals surface area contributed by atoms with Crippen LogP contribution in [0, 0.1) is 6.07 Å². The fraction of sp³-hybridized carbons (Fsp3) is 0.500. The number of nitrogens with zero attached hydrogens (tertiary/aromatic N) is 1. The molecule has 0 spiro atoms. The molecule has 1 saturated heterocycles. The summed E-state index contributed by atoms with van der Waals surface area (Å²) in [4.78, 5) is 2.52. The summed E-state index contributed by atoms with van der Waals surface area (Å²) in [6.07, 6.45) is 4.15. The van der Waals surface area contributed by atoms with Crippen molar-refractivity contribution in [1.29, 1.82) is 0 Å². The predicted molar refractivity (Wildman–Crippen MR) is 54.4 cm³/mol. The zero-order valence-corrected chi connectivity index (χ0v) is 12.1. The number of benzene rings is 1. The molecule has 14 heavy (non-hydrogen) atoms. The van der Waals surface area contributed by atoms with Crippen molar-refractivity contribution in [3.8, 4) is 0 Å². The van der Waals surface area contributed by atoms with Gasteiger partial charge < -0.3 is 4.90 Å². The van der Waals surface area contributed by atoms with Crippen molar-refractivity contribution >= 4 is 0 Å². The van der Waals surface area contributed by atoms with Crippen molar-refractivity contribution in [2.75, 3.05) is 13.1 Å². The third-order valence-corrected chi connectivity index (χ3v) is 2.62. The van der Waals surface area contributed by atoms with E-state index in [0.29, 0.717) is 0 Å². The molecule has 0 unspecified atom stereocenters. The molecule has 2 heteroatoms. The molecular formula is C12H16KN. The molecule has 0 saturated carbocycles. The monoisotopic (exact) mass is 213 g/mol. The summed E-state index contributed by atoms with van der Waals surface area (Å²) in [5.74, 6) is 0. The number of hydrogen-bond acceptors (Lipinski definition) is 1. The fourth-order valence-corrected chi connectivity index (χ4v) is 1.89. The van der Waals surface area contributed by atoms with Crippen molar-refractivity contribution in [3.63, 3.8) is 0 Å². The molecule has 1 aromatic rings. The van der Waals surface area contributed by atoms with Crippen LogP contribution in [-0.2, 0) is 6.54 Å². The Kier molecular flexibility index (Phi) is 6.58. The maximum atomic E-state index is 3.27. The smallest absolute Gasteiger partial charge is 0.301 e. The standard InChI is InChI=1S/C12H16N.K/c1-3-7-12(8-4-1)11-13-9-5-2-6-10-13;/h1,3-4,7H,2,5-6,9-11H2;/q-1;+1. The van der Waals surface area contributed by atoms with Crippen LogP contribution in [0.25, 0.3) is 0 Å². The van der Waals surface area contributed by atoms with Gasteiger partial charge in [-0.05, 0) is 25.9 Å².